The number of guanidine groups is 1. The number of carbonyl (C=O) groups is 2. The molecule has 37 heavy (non-hydrogen) atoms. The molecule has 1 aromatic carbocycles. The molecule has 2 amide bonds. The molecule has 0 radical (unpaired) electrons. The number of nitrogen functional groups attached to an aromatic ring is 1. The molecule has 0 saturated heterocycles. The lowest BCUT2D eigenvalue weighted by molar-refractivity contribution is 0.0562. The van der Waals surface area contributed by atoms with E-state index in [0.717, 1.165) is 18.2 Å². The molecule has 2 rings (SSSR count). The van der Waals surface area contributed by atoms with Crippen LogP contribution in [0.5, 0.6) is 0 Å². The van der Waals surface area contributed by atoms with Crippen molar-refractivity contribution in [2.45, 2.75) is 59.2 Å². The fourth-order valence-electron chi connectivity index (χ4n) is 2.69. The zero-order chi connectivity index (χ0) is 28.2. The monoisotopic (exact) mass is 522 g/mol. The van der Waals surface area contributed by atoms with Crippen LogP contribution in [0.25, 0.3) is 5.57 Å². The average Bonchev–Trinajstić information content (AvgIpc) is 2.74. The van der Waals surface area contributed by atoms with E-state index in [4.69, 9.17) is 20.9 Å². The molecule has 0 bridgehead atoms. The van der Waals surface area contributed by atoms with Gasteiger partial charge in [-0.3, -0.25) is 5.32 Å². The van der Waals surface area contributed by atoms with Crippen molar-refractivity contribution in [3.8, 4) is 0 Å². The number of alkyl carbamates (subject to hydrolysis) is 1. The van der Waals surface area contributed by atoms with Crippen molar-refractivity contribution in [2.24, 2.45) is 15.7 Å². The number of aliphatic imine (C=N–C) groups is 2. The van der Waals surface area contributed by atoms with Crippen molar-refractivity contribution in [1.29, 1.82) is 0 Å². The number of carbonyl (C=O) groups excluding carboxylic acids is 2. The number of nitrogens with two attached hydrogens (primary N) is 2. The number of halogens is 2. The number of nitrogens with zero attached hydrogens (tertiary/aromatic N) is 2. The standard InChI is InChI=1S/C14H24N4O4.C11H12F2N2/c1-13(2,3)21-11(19)17-10(16-9-7-8-15)18-12(20)22-14(4,5)6;12-9-6-11(14)10(13)5-8(9)7-1-3-15-4-2-7/h7-9H,15H2,1-6H3,(H,17,18,19,20);1,5-6,15H,2-4,14H2/b8-7-,16-9+;. The van der Waals surface area contributed by atoms with E-state index in [-0.39, 0.29) is 11.6 Å². The van der Waals surface area contributed by atoms with Gasteiger partial charge >= 0.3 is 12.2 Å². The quantitative estimate of drug-likeness (QED) is 0.257. The Bertz CT molecular complexity index is 1070. The lowest BCUT2D eigenvalue weighted by Gasteiger charge is -2.19. The molecular formula is C25H36F2N6O4. The Morgan fingerprint density at radius 3 is 2.27 bits per heavy atom. The number of hydrogen-bond donors (Lipinski definition) is 4. The summed E-state index contributed by atoms with van der Waals surface area (Å²) in [4.78, 5) is 30.7. The molecule has 204 valence electrons. The number of anilines is 1. The van der Waals surface area contributed by atoms with Crippen LogP contribution >= 0.6 is 0 Å². The highest BCUT2D eigenvalue weighted by atomic mass is 19.1. The maximum absolute atomic E-state index is 13.5. The lowest BCUT2D eigenvalue weighted by atomic mass is 9.99. The van der Waals surface area contributed by atoms with E-state index in [1.807, 2.05) is 6.08 Å². The molecule has 1 aromatic rings. The number of rotatable bonds is 2. The van der Waals surface area contributed by atoms with E-state index < -0.39 is 35.0 Å². The smallest absolute Gasteiger partial charge is 0.437 e. The molecule has 12 heteroatoms. The fourth-order valence-corrected chi connectivity index (χ4v) is 2.69. The molecule has 6 N–H and O–H groups in total. The van der Waals surface area contributed by atoms with Crippen LogP contribution in [0.4, 0.5) is 24.1 Å². The summed E-state index contributed by atoms with van der Waals surface area (Å²) in [7, 11) is 0. The van der Waals surface area contributed by atoms with Gasteiger partial charge < -0.3 is 26.3 Å². The molecule has 1 aliphatic rings. The van der Waals surface area contributed by atoms with E-state index >= 15 is 0 Å². The zero-order valence-corrected chi connectivity index (χ0v) is 22.0. The Morgan fingerprint density at radius 1 is 1.08 bits per heavy atom. The van der Waals surface area contributed by atoms with E-state index in [1.54, 1.807) is 41.5 Å². The number of allylic oxidation sites excluding steroid dienone is 1. The van der Waals surface area contributed by atoms with Gasteiger partial charge in [-0.15, -0.1) is 4.99 Å². The summed E-state index contributed by atoms with van der Waals surface area (Å²) in [6, 6.07) is 2.20. The summed E-state index contributed by atoms with van der Waals surface area (Å²) < 4.78 is 36.8. The van der Waals surface area contributed by atoms with Crippen LogP contribution < -0.4 is 22.1 Å². The summed E-state index contributed by atoms with van der Waals surface area (Å²) in [5.41, 5.74) is 10.1. The summed E-state index contributed by atoms with van der Waals surface area (Å²) >= 11 is 0. The third-order valence-corrected chi connectivity index (χ3v) is 4.09. The van der Waals surface area contributed by atoms with Gasteiger partial charge in [0.05, 0.1) is 5.69 Å². The van der Waals surface area contributed by atoms with E-state index in [1.165, 1.54) is 24.6 Å². The van der Waals surface area contributed by atoms with Gasteiger partial charge in [-0.2, -0.15) is 0 Å². The van der Waals surface area contributed by atoms with Gasteiger partial charge in [0, 0.05) is 24.4 Å². The van der Waals surface area contributed by atoms with Crippen LogP contribution in [0.15, 0.2) is 40.5 Å². The first kappa shape index (κ1) is 31.2. The summed E-state index contributed by atoms with van der Waals surface area (Å²) in [6.07, 6.45) is 4.82. The Balaban J connectivity index is 0.000000394. The van der Waals surface area contributed by atoms with Crippen molar-refractivity contribution in [1.82, 2.24) is 10.6 Å². The van der Waals surface area contributed by atoms with Gasteiger partial charge in [-0.1, -0.05) is 6.08 Å². The Hall–Kier alpha value is -3.80. The molecule has 0 aromatic heterocycles. The van der Waals surface area contributed by atoms with Crippen molar-refractivity contribution in [2.75, 3.05) is 18.8 Å². The molecule has 0 saturated carbocycles. The van der Waals surface area contributed by atoms with Crippen LogP contribution in [0.2, 0.25) is 0 Å². The highest BCUT2D eigenvalue weighted by molar-refractivity contribution is 6.02. The fraction of sp³-hybridized carbons (Fsp3) is 0.440. The second-order valence-electron chi connectivity index (χ2n) is 9.74. The first-order valence-electron chi connectivity index (χ1n) is 11.5. The normalized spacial score (nSPS) is 14.6. The highest BCUT2D eigenvalue weighted by Gasteiger charge is 2.20. The number of benzene rings is 1. The Kier molecular flexibility index (Phi) is 11.9. The van der Waals surface area contributed by atoms with Crippen LogP contribution in [0.3, 0.4) is 0 Å². The average molecular weight is 523 g/mol. The second-order valence-corrected chi connectivity index (χ2v) is 9.74. The number of nitrogens with one attached hydrogen (secondary N) is 2. The van der Waals surface area contributed by atoms with Gasteiger partial charge in [0.1, 0.15) is 22.8 Å². The topological polar surface area (TPSA) is 153 Å². The van der Waals surface area contributed by atoms with E-state index in [9.17, 15) is 18.4 Å². The Labute approximate surface area is 215 Å². The number of hydrogen-bond acceptors (Lipinski definition) is 7. The van der Waals surface area contributed by atoms with E-state index in [2.05, 4.69) is 20.6 Å². The predicted molar refractivity (Wildman–Crippen MR) is 141 cm³/mol. The molecule has 1 heterocycles. The molecule has 0 unspecified atom stereocenters. The van der Waals surface area contributed by atoms with Crippen molar-refractivity contribution in [3.63, 3.8) is 0 Å². The maximum atomic E-state index is 13.5. The molecular weight excluding hydrogens is 486 g/mol. The van der Waals surface area contributed by atoms with Gasteiger partial charge in [0.15, 0.2) is 0 Å². The minimum atomic E-state index is -0.882. The van der Waals surface area contributed by atoms with Crippen LogP contribution in [0.1, 0.15) is 53.5 Å². The molecule has 0 fully saturated rings. The lowest BCUT2D eigenvalue weighted by Crippen LogP contribution is -2.36. The molecule has 0 spiro atoms. The van der Waals surface area contributed by atoms with Crippen LogP contribution in [-0.2, 0) is 9.47 Å². The minimum absolute atomic E-state index is 0.147. The van der Waals surface area contributed by atoms with Gasteiger partial charge in [-0.25, -0.2) is 23.4 Å². The van der Waals surface area contributed by atoms with Crippen molar-refractivity contribution >= 4 is 35.6 Å². The van der Waals surface area contributed by atoms with Crippen LogP contribution in [0, 0.1) is 11.6 Å². The van der Waals surface area contributed by atoms with Gasteiger partial charge in [0.2, 0.25) is 5.96 Å². The highest BCUT2D eigenvalue weighted by Crippen LogP contribution is 2.26. The van der Waals surface area contributed by atoms with Crippen molar-refractivity contribution < 1.29 is 27.8 Å². The molecule has 1 aliphatic heterocycles. The number of amides is 2. The predicted octanol–water partition coefficient (Wildman–Crippen LogP) is 4.27. The molecule has 10 nitrogen and oxygen atoms in total. The third-order valence-electron chi connectivity index (χ3n) is 4.09. The van der Waals surface area contributed by atoms with Gasteiger partial charge in [-0.05, 0) is 78.4 Å². The van der Waals surface area contributed by atoms with E-state index in [0.29, 0.717) is 18.5 Å². The second kappa shape index (κ2) is 14.1. The summed E-state index contributed by atoms with van der Waals surface area (Å²) in [5.74, 6) is -1.28. The number of ether oxygens (including phenoxy) is 2. The van der Waals surface area contributed by atoms with Crippen LogP contribution in [-0.4, -0.2) is 48.7 Å². The summed E-state index contributed by atoms with van der Waals surface area (Å²) in [6.45, 7) is 11.7. The molecule has 0 atom stereocenters. The first-order chi connectivity index (χ1) is 17.1. The minimum Gasteiger partial charge on any atom is -0.444 e. The largest absolute Gasteiger partial charge is 0.444 e. The maximum Gasteiger partial charge on any atom is 0.437 e. The van der Waals surface area contributed by atoms with Crippen molar-refractivity contribution in [3.05, 3.63) is 47.7 Å². The SMILES string of the molecule is CC(C)(C)OC(=O)\N=C(/N=C/C=C\N)NC(=O)OC(C)(C)C.Nc1cc(F)c(C2=CCNCC2)cc1F. The first-order valence-corrected chi connectivity index (χ1v) is 11.5. The molecule has 0 aliphatic carbocycles. The zero-order valence-electron chi connectivity index (χ0n) is 22.0. The summed E-state index contributed by atoms with van der Waals surface area (Å²) in [5, 5.41) is 5.38. The third kappa shape index (κ3) is 13.2. The van der Waals surface area contributed by atoms with Gasteiger partial charge in [0.25, 0.3) is 0 Å². The Morgan fingerprint density at radius 2 is 1.73 bits per heavy atom.